The van der Waals surface area contributed by atoms with Crippen LogP contribution in [0.2, 0.25) is 0 Å². The molecule has 29 heavy (non-hydrogen) atoms. The van der Waals surface area contributed by atoms with Crippen molar-refractivity contribution in [3.8, 4) is 0 Å². The number of nitrogens with zero attached hydrogens (tertiary/aromatic N) is 5. The molecule has 1 saturated heterocycles. The van der Waals surface area contributed by atoms with Crippen molar-refractivity contribution in [1.82, 2.24) is 24.2 Å². The predicted molar refractivity (Wildman–Crippen MR) is 107 cm³/mol. The van der Waals surface area contributed by atoms with Gasteiger partial charge in [-0.3, -0.25) is 0 Å². The smallest absolute Gasteiger partial charge is 0.245 e. The van der Waals surface area contributed by atoms with Crippen LogP contribution in [0, 0.1) is 5.82 Å². The van der Waals surface area contributed by atoms with Gasteiger partial charge < -0.3 is 9.88 Å². The molecule has 4 heterocycles. The third-order valence-electron chi connectivity index (χ3n) is 5.16. The minimum atomic E-state index is -3.66. The number of para-hydroxylation sites is 1. The average molecular weight is 412 g/mol. The Hall–Kier alpha value is -3.11. The SMILES string of the molecule is O=S(=O)(c1c[nH]c2ncccc12)N1CCN(c2ncnc3c(F)cccc23)CC1. The second-order valence-corrected chi connectivity index (χ2v) is 8.68. The number of aromatic amines is 1. The third-order valence-corrected chi connectivity index (χ3v) is 7.10. The van der Waals surface area contributed by atoms with Crippen molar-refractivity contribution < 1.29 is 12.8 Å². The number of pyridine rings is 1. The second kappa shape index (κ2) is 6.75. The van der Waals surface area contributed by atoms with Gasteiger partial charge in [0.05, 0.1) is 0 Å². The van der Waals surface area contributed by atoms with Crippen molar-refractivity contribution in [1.29, 1.82) is 0 Å². The van der Waals surface area contributed by atoms with Gasteiger partial charge in [0.25, 0.3) is 0 Å². The Balaban J connectivity index is 1.42. The quantitative estimate of drug-likeness (QED) is 0.554. The molecule has 1 aliphatic rings. The van der Waals surface area contributed by atoms with E-state index >= 15 is 0 Å². The molecule has 1 N–H and O–H groups in total. The molecule has 8 nitrogen and oxygen atoms in total. The fourth-order valence-corrected chi connectivity index (χ4v) is 5.29. The van der Waals surface area contributed by atoms with E-state index in [1.807, 2.05) is 4.90 Å². The minimum absolute atomic E-state index is 0.226. The molecule has 0 amide bonds. The lowest BCUT2D eigenvalue weighted by molar-refractivity contribution is 0.384. The summed E-state index contributed by atoms with van der Waals surface area (Å²) in [6.45, 7) is 1.50. The van der Waals surface area contributed by atoms with E-state index in [4.69, 9.17) is 0 Å². The standard InChI is InChI=1S/C19H17FN6O2S/c20-15-5-1-3-14-17(15)23-12-24-19(14)25-7-9-26(10-8-25)29(27,28)16-11-22-18-13(16)4-2-6-21-18/h1-6,11-12H,7-10H2,(H,21,22). The zero-order chi connectivity index (χ0) is 20.0. The van der Waals surface area contributed by atoms with Gasteiger partial charge in [0.1, 0.15) is 34.0 Å². The van der Waals surface area contributed by atoms with Gasteiger partial charge in [-0.25, -0.2) is 27.8 Å². The molecular weight excluding hydrogens is 395 g/mol. The van der Waals surface area contributed by atoms with Gasteiger partial charge in [0, 0.05) is 49.3 Å². The number of hydrogen-bond acceptors (Lipinski definition) is 6. The van der Waals surface area contributed by atoms with Crippen LogP contribution in [0.4, 0.5) is 10.2 Å². The van der Waals surface area contributed by atoms with Crippen LogP contribution in [0.3, 0.4) is 0 Å². The van der Waals surface area contributed by atoms with E-state index in [0.29, 0.717) is 48.4 Å². The first-order valence-electron chi connectivity index (χ1n) is 9.12. The number of rotatable bonds is 3. The fourth-order valence-electron chi connectivity index (χ4n) is 3.71. The molecule has 0 saturated carbocycles. The number of sulfonamides is 1. The van der Waals surface area contributed by atoms with Crippen LogP contribution in [-0.2, 0) is 10.0 Å². The summed E-state index contributed by atoms with van der Waals surface area (Å²) in [7, 11) is -3.66. The molecule has 148 valence electrons. The maximum Gasteiger partial charge on any atom is 0.245 e. The van der Waals surface area contributed by atoms with Crippen molar-refractivity contribution in [2.75, 3.05) is 31.1 Å². The topological polar surface area (TPSA) is 95.1 Å². The fraction of sp³-hybridized carbons (Fsp3) is 0.211. The Morgan fingerprint density at radius 1 is 0.966 bits per heavy atom. The Morgan fingerprint density at radius 3 is 2.59 bits per heavy atom. The molecule has 1 fully saturated rings. The molecule has 0 unspecified atom stereocenters. The van der Waals surface area contributed by atoms with Crippen molar-refractivity contribution >= 4 is 37.8 Å². The summed E-state index contributed by atoms with van der Waals surface area (Å²) in [6, 6.07) is 8.21. The summed E-state index contributed by atoms with van der Waals surface area (Å²) in [5.41, 5.74) is 0.804. The molecule has 3 aromatic heterocycles. The number of piperazine rings is 1. The molecular formula is C19H17FN6O2S. The van der Waals surface area contributed by atoms with E-state index in [2.05, 4.69) is 19.9 Å². The zero-order valence-corrected chi connectivity index (χ0v) is 16.1. The number of fused-ring (bicyclic) bond motifs is 2. The lowest BCUT2D eigenvalue weighted by Crippen LogP contribution is -2.49. The summed E-state index contributed by atoms with van der Waals surface area (Å²) in [5, 5.41) is 1.19. The molecule has 5 rings (SSSR count). The summed E-state index contributed by atoms with van der Waals surface area (Å²) in [4.78, 5) is 17.6. The van der Waals surface area contributed by atoms with Crippen LogP contribution >= 0.6 is 0 Å². The van der Waals surface area contributed by atoms with Gasteiger partial charge in [0.2, 0.25) is 10.0 Å². The maximum atomic E-state index is 14.0. The van der Waals surface area contributed by atoms with Gasteiger partial charge in [0.15, 0.2) is 0 Å². The number of benzene rings is 1. The van der Waals surface area contributed by atoms with Crippen LogP contribution in [-0.4, -0.2) is 58.8 Å². The van der Waals surface area contributed by atoms with Crippen LogP contribution in [0.5, 0.6) is 0 Å². The molecule has 0 aliphatic carbocycles. The number of anilines is 1. The van der Waals surface area contributed by atoms with E-state index in [1.54, 1.807) is 30.5 Å². The van der Waals surface area contributed by atoms with Crippen LogP contribution < -0.4 is 4.90 Å². The summed E-state index contributed by atoms with van der Waals surface area (Å²) in [6.07, 6.45) is 4.44. The van der Waals surface area contributed by atoms with E-state index < -0.39 is 15.8 Å². The first-order valence-corrected chi connectivity index (χ1v) is 10.6. The number of hydrogen-bond donors (Lipinski definition) is 1. The van der Waals surface area contributed by atoms with Gasteiger partial charge in [-0.2, -0.15) is 4.31 Å². The Labute approximate surface area is 166 Å². The first-order chi connectivity index (χ1) is 14.1. The van der Waals surface area contributed by atoms with Crippen molar-refractivity contribution in [2.24, 2.45) is 0 Å². The van der Waals surface area contributed by atoms with Crippen molar-refractivity contribution in [2.45, 2.75) is 4.90 Å². The largest absolute Gasteiger partial charge is 0.353 e. The molecule has 1 aromatic carbocycles. The van der Waals surface area contributed by atoms with E-state index in [0.717, 1.165) is 0 Å². The lowest BCUT2D eigenvalue weighted by atomic mass is 10.2. The van der Waals surface area contributed by atoms with Gasteiger partial charge >= 0.3 is 0 Å². The molecule has 0 bridgehead atoms. The normalized spacial score (nSPS) is 16.0. The highest BCUT2D eigenvalue weighted by molar-refractivity contribution is 7.89. The summed E-state index contributed by atoms with van der Waals surface area (Å²) in [5.74, 6) is 0.211. The number of H-pyrrole nitrogens is 1. The number of halogens is 1. The van der Waals surface area contributed by atoms with Gasteiger partial charge in [-0.15, -0.1) is 0 Å². The number of aromatic nitrogens is 4. The number of nitrogens with one attached hydrogen (secondary N) is 1. The Kier molecular flexibility index (Phi) is 4.18. The van der Waals surface area contributed by atoms with E-state index in [-0.39, 0.29) is 10.4 Å². The van der Waals surface area contributed by atoms with E-state index in [9.17, 15) is 12.8 Å². The minimum Gasteiger partial charge on any atom is -0.353 e. The Bertz CT molecular complexity index is 1310. The molecule has 1 aliphatic heterocycles. The maximum absolute atomic E-state index is 14.0. The average Bonchev–Trinajstić information content (AvgIpc) is 3.19. The van der Waals surface area contributed by atoms with E-state index in [1.165, 1.54) is 22.9 Å². The van der Waals surface area contributed by atoms with Crippen LogP contribution in [0.1, 0.15) is 0 Å². The predicted octanol–water partition coefficient (Wildman–Crippen LogP) is 2.16. The first kappa shape index (κ1) is 18.0. The molecule has 0 radical (unpaired) electrons. The highest BCUT2D eigenvalue weighted by atomic mass is 32.2. The van der Waals surface area contributed by atoms with Gasteiger partial charge in [-0.1, -0.05) is 6.07 Å². The summed E-state index contributed by atoms with van der Waals surface area (Å²) < 4.78 is 41.8. The second-order valence-electron chi connectivity index (χ2n) is 6.78. The molecule has 4 aromatic rings. The zero-order valence-electron chi connectivity index (χ0n) is 15.3. The molecule has 0 spiro atoms. The lowest BCUT2D eigenvalue weighted by Gasteiger charge is -2.34. The highest BCUT2D eigenvalue weighted by Gasteiger charge is 2.31. The monoisotopic (exact) mass is 412 g/mol. The molecule has 10 heteroatoms. The third kappa shape index (κ3) is 2.91. The molecule has 0 atom stereocenters. The summed E-state index contributed by atoms with van der Waals surface area (Å²) >= 11 is 0. The van der Waals surface area contributed by atoms with Crippen molar-refractivity contribution in [3.05, 3.63) is 54.9 Å². The highest BCUT2D eigenvalue weighted by Crippen LogP contribution is 2.28. The van der Waals surface area contributed by atoms with Crippen LogP contribution in [0.15, 0.2) is 53.9 Å². The van der Waals surface area contributed by atoms with Gasteiger partial charge in [-0.05, 0) is 24.3 Å². The van der Waals surface area contributed by atoms with Crippen molar-refractivity contribution in [3.63, 3.8) is 0 Å². The Morgan fingerprint density at radius 2 is 1.76 bits per heavy atom. The van der Waals surface area contributed by atoms with Crippen LogP contribution in [0.25, 0.3) is 21.9 Å².